The smallest absolute Gasteiger partial charge is 0.0370 e. The molecule has 18 heavy (non-hydrogen) atoms. The first-order valence-corrected chi connectivity index (χ1v) is 7.05. The summed E-state index contributed by atoms with van der Waals surface area (Å²) >= 11 is 0. The Morgan fingerprint density at radius 2 is 2.11 bits per heavy atom. The highest BCUT2D eigenvalue weighted by Crippen LogP contribution is 2.26. The predicted molar refractivity (Wildman–Crippen MR) is 79.4 cm³/mol. The van der Waals surface area contributed by atoms with Crippen LogP contribution in [0, 0.1) is 6.92 Å². The fourth-order valence-corrected chi connectivity index (χ4v) is 2.49. The van der Waals surface area contributed by atoms with Crippen molar-refractivity contribution in [2.75, 3.05) is 18.4 Å². The molecular formula is C16H26N2. The van der Waals surface area contributed by atoms with Crippen LogP contribution in [0.15, 0.2) is 18.2 Å². The van der Waals surface area contributed by atoms with Crippen LogP contribution in [0.4, 0.5) is 5.69 Å². The van der Waals surface area contributed by atoms with Crippen LogP contribution in [0.25, 0.3) is 0 Å². The quantitative estimate of drug-likeness (QED) is 0.853. The van der Waals surface area contributed by atoms with Gasteiger partial charge in [0.1, 0.15) is 0 Å². The minimum atomic E-state index is 0.232. The minimum absolute atomic E-state index is 0.232. The summed E-state index contributed by atoms with van der Waals surface area (Å²) in [6.07, 6.45) is 2.61. The van der Waals surface area contributed by atoms with Gasteiger partial charge in [-0.05, 0) is 48.9 Å². The summed E-state index contributed by atoms with van der Waals surface area (Å²) in [6.45, 7) is 11.2. The van der Waals surface area contributed by atoms with Gasteiger partial charge in [-0.15, -0.1) is 0 Å². The summed E-state index contributed by atoms with van der Waals surface area (Å²) in [5.74, 6) is 0. The SMILES string of the molecule is Cc1cc(C(C)(C)C)ccc1NCC1CCCN1. The van der Waals surface area contributed by atoms with Crippen molar-refractivity contribution in [3.8, 4) is 0 Å². The van der Waals surface area contributed by atoms with Crippen LogP contribution in [-0.2, 0) is 5.41 Å². The number of benzene rings is 1. The molecule has 0 aliphatic carbocycles. The van der Waals surface area contributed by atoms with Crippen LogP contribution >= 0.6 is 0 Å². The lowest BCUT2D eigenvalue weighted by molar-refractivity contribution is 0.589. The summed E-state index contributed by atoms with van der Waals surface area (Å²) in [7, 11) is 0. The summed E-state index contributed by atoms with van der Waals surface area (Å²) < 4.78 is 0. The van der Waals surface area contributed by atoms with E-state index in [9.17, 15) is 0 Å². The van der Waals surface area contributed by atoms with Gasteiger partial charge in [-0.3, -0.25) is 0 Å². The fraction of sp³-hybridized carbons (Fsp3) is 0.625. The van der Waals surface area contributed by atoms with Crippen LogP contribution in [0.5, 0.6) is 0 Å². The molecule has 2 nitrogen and oxygen atoms in total. The first kappa shape index (κ1) is 13.4. The first-order chi connectivity index (χ1) is 8.47. The van der Waals surface area contributed by atoms with E-state index < -0.39 is 0 Å². The van der Waals surface area contributed by atoms with Crippen LogP contribution in [0.1, 0.15) is 44.7 Å². The van der Waals surface area contributed by atoms with Gasteiger partial charge in [0, 0.05) is 18.3 Å². The van der Waals surface area contributed by atoms with Crippen molar-refractivity contribution in [1.29, 1.82) is 0 Å². The molecule has 1 fully saturated rings. The number of aryl methyl sites for hydroxylation is 1. The molecule has 100 valence electrons. The Kier molecular flexibility index (Phi) is 3.96. The average molecular weight is 246 g/mol. The Morgan fingerprint density at radius 3 is 2.67 bits per heavy atom. The molecule has 1 aromatic rings. The van der Waals surface area contributed by atoms with E-state index in [4.69, 9.17) is 0 Å². The second-order valence-corrected chi connectivity index (χ2v) is 6.45. The normalized spacial score (nSPS) is 20.1. The number of hydrogen-bond acceptors (Lipinski definition) is 2. The molecule has 1 aliphatic heterocycles. The summed E-state index contributed by atoms with van der Waals surface area (Å²) in [5, 5.41) is 7.09. The second kappa shape index (κ2) is 5.31. The number of nitrogens with one attached hydrogen (secondary N) is 2. The molecule has 0 bridgehead atoms. The van der Waals surface area contributed by atoms with Crippen molar-refractivity contribution < 1.29 is 0 Å². The molecule has 1 heterocycles. The van der Waals surface area contributed by atoms with Crippen molar-refractivity contribution >= 4 is 5.69 Å². The van der Waals surface area contributed by atoms with Crippen molar-refractivity contribution in [1.82, 2.24) is 5.32 Å². The number of anilines is 1. The van der Waals surface area contributed by atoms with E-state index in [0.717, 1.165) is 6.54 Å². The molecule has 1 unspecified atom stereocenters. The summed E-state index contributed by atoms with van der Waals surface area (Å²) in [6, 6.07) is 7.43. The molecule has 1 saturated heterocycles. The molecule has 2 rings (SSSR count). The van der Waals surface area contributed by atoms with Crippen LogP contribution in [0.3, 0.4) is 0 Å². The van der Waals surface area contributed by atoms with Gasteiger partial charge in [-0.1, -0.05) is 32.9 Å². The predicted octanol–water partition coefficient (Wildman–Crippen LogP) is 3.46. The highest BCUT2D eigenvalue weighted by molar-refractivity contribution is 5.53. The Labute approximate surface area is 111 Å². The van der Waals surface area contributed by atoms with Gasteiger partial charge in [0.05, 0.1) is 0 Å². The third-order valence-corrected chi connectivity index (χ3v) is 3.79. The van der Waals surface area contributed by atoms with Crippen molar-refractivity contribution in [2.24, 2.45) is 0 Å². The molecule has 2 N–H and O–H groups in total. The molecule has 1 aromatic carbocycles. The Hall–Kier alpha value is -1.02. The van der Waals surface area contributed by atoms with Crippen LogP contribution in [-0.4, -0.2) is 19.1 Å². The summed E-state index contributed by atoms with van der Waals surface area (Å²) in [5.41, 5.74) is 4.26. The fourth-order valence-electron chi connectivity index (χ4n) is 2.49. The van der Waals surface area contributed by atoms with E-state index in [-0.39, 0.29) is 5.41 Å². The van der Waals surface area contributed by atoms with Gasteiger partial charge >= 0.3 is 0 Å². The Balaban J connectivity index is 2.01. The lowest BCUT2D eigenvalue weighted by Crippen LogP contribution is -2.29. The lowest BCUT2D eigenvalue weighted by Gasteiger charge is -2.21. The molecule has 0 aromatic heterocycles. The topological polar surface area (TPSA) is 24.1 Å². The molecule has 1 aliphatic rings. The zero-order valence-corrected chi connectivity index (χ0v) is 12.1. The maximum atomic E-state index is 3.57. The zero-order valence-electron chi connectivity index (χ0n) is 12.1. The van der Waals surface area contributed by atoms with E-state index in [2.05, 4.69) is 56.5 Å². The Bertz CT molecular complexity index is 398. The van der Waals surface area contributed by atoms with E-state index >= 15 is 0 Å². The van der Waals surface area contributed by atoms with Gasteiger partial charge in [0.2, 0.25) is 0 Å². The van der Waals surface area contributed by atoms with Crippen molar-refractivity contribution in [3.05, 3.63) is 29.3 Å². The molecular weight excluding hydrogens is 220 g/mol. The minimum Gasteiger partial charge on any atom is -0.383 e. The highest BCUT2D eigenvalue weighted by Gasteiger charge is 2.16. The van der Waals surface area contributed by atoms with Gasteiger partial charge in [-0.25, -0.2) is 0 Å². The van der Waals surface area contributed by atoms with Gasteiger partial charge < -0.3 is 10.6 Å². The Morgan fingerprint density at radius 1 is 1.33 bits per heavy atom. The maximum Gasteiger partial charge on any atom is 0.0370 e. The van der Waals surface area contributed by atoms with E-state index in [1.54, 1.807) is 0 Å². The molecule has 0 radical (unpaired) electrons. The lowest BCUT2D eigenvalue weighted by atomic mass is 9.86. The standard InChI is InChI=1S/C16H26N2/c1-12-10-13(16(2,3)4)7-8-15(12)18-11-14-6-5-9-17-14/h7-8,10,14,17-18H,5-6,9,11H2,1-4H3. The monoisotopic (exact) mass is 246 g/mol. The van der Waals surface area contributed by atoms with E-state index in [1.807, 2.05) is 0 Å². The van der Waals surface area contributed by atoms with Gasteiger partial charge in [0.25, 0.3) is 0 Å². The number of hydrogen-bond donors (Lipinski definition) is 2. The third kappa shape index (κ3) is 3.26. The molecule has 0 saturated carbocycles. The average Bonchev–Trinajstić information content (AvgIpc) is 2.79. The van der Waals surface area contributed by atoms with Gasteiger partial charge in [-0.2, -0.15) is 0 Å². The molecule has 0 amide bonds. The zero-order chi connectivity index (χ0) is 13.2. The van der Waals surface area contributed by atoms with Gasteiger partial charge in [0.15, 0.2) is 0 Å². The van der Waals surface area contributed by atoms with E-state index in [1.165, 1.54) is 36.2 Å². The number of rotatable bonds is 3. The third-order valence-electron chi connectivity index (χ3n) is 3.79. The largest absolute Gasteiger partial charge is 0.383 e. The van der Waals surface area contributed by atoms with E-state index in [0.29, 0.717) is 6.04 Å². The highest BCUT2D eigenvalue weighted by atomic mass is 15.0. The second-order valence-electron chi connectivity index (χ2n) is 6.45. The maximum absolute atomic E-state index is 3.57. The van der Waals surface area contributed by atoms with Crippen LogP contribution < -0.4 is 10.6 Å². The molecule has 2 heteroatoms. The van der Waals surface area contributed by atoms with Crippen molar-refractivity contribution in [2.45, 2.75) is 52.0 Å². The van der Waals surface area contributed by atoms with Crippen LogP contribution in [0.2, 0.25) is 0 Å². The molecule has 0 spiro atoms. The molecule has 1 atom stereocenters. The van der Waals surface area contributed by atoms with Crippen molar-refractivity contribution in [3.63, 3.8) is 0 Å². The first-order valence-electron chi connectivity index (χ1n) is 7.05. The summed E-state index contributed by atoms with van der Waals surface area (Å²) in [4.78, 5) is 0.